The topological polar surface area (TPSA) is 89.1 Å². The van der Waals surface area contributed by atoms with Gasteiger partial charge in [0, 0.05) is 12.1 Å². The van der Waals surface area contributed by atoms with Gasteiger partial charge in [0.1, 0.15) is 17.4 Å². The fourth-order valence-corrected chi connectivity index (χ4v) is 3.47. The molecule has 1 aliphatic rings. The van der Waals surface area contributed by atoms with Gasteiger partial charge in [-0.2, -0.15) is 5.10 Å². The van der Waals surface area contributed by atoms with Crippen LogP contribution in [0.25, 0.3) is 0 Å². The zero-order valence-electron chi connectivity index (χ0n) is 15.3. The standard InChI is InChI=1S/C17H26N6O2/c1-11-9-16(21-25-11)19-17(24)12(2)22-8-6-5-7-15(22)10-23-14(4)18-13(3)20-23/h9,12,15H,5-8,10H2,1-4H3,(H,19,21,24)/t12-,15+/m1/s1. The molecule has 1 fully saturated rings. The number of carbonyl (C=O) groups excluding carboxylic acids is 1. The Morgan fingerprint density at radius 3 is 2.84 bits per heavy atom. The molecule has 2 aromatic heterocycles. The molecule has 136 valence electrons. The molecule has 2 atom stereocenters. The average molecular weight is 346 g/mol. The molecule has 25 heavy (non-hydrogen) atoms. The van der Waals surface area contributed by atoms with E-state index >= 15 is 0 Å². The summed E-state index contributed by atoms with van der Waals surface area (Å²) in [5.41, 5.74) is 0. The molecule has 0 unspecified atom stereocenters. The number of carbonyl (C=O) groups is 1. The maximum atomic E-state index is 12.6. The molecular formula is C17H26N6O2. The maximum absolute atomic E-state index is 12.6. The van der Waals surface area contributed by atoms with Crippen LogP contribution in [-0.2, 0) is 11.3 Å². The van der Waals surface area contributed by atoms with Gasteiger partial charge in [-0.05, 0) is 47.1 Å². The van der Waals surface area contributed by atoms with Gasteiger partial charge < -0.3 is 9.84 Å². The monoisotopic (exact) mass is 346 g/mol. The summed E-state index contributed by atoms with van der Waals surface area (Å²) in [6.07, 6.45) is 3.33. The number of likely N-dealkylation sites (tertiary alicyclic amines) is 1. The third-order valence-corrected chi connectivity index (χ3v) is 4.78. The summed E-state index contributed by atoms with van der Waals surface area (Å²) < 4.78 is 6.96. The Morgan fingerprint density at radius 2 is 2.20 bits per heavy atom. The number of nitrogens with one attached hydrogen (secondary N) is 1. The first-order chi connectivity index (χ1) is 11.9. The number of rotatable bonds is 5. The highest BCUT2D eigenvalue weighted by atomic mass is 16.5. The summed E-state index contributed by atoms with van der Waals surface area (Å²) in [5, 5.41) is 11.1. The minimum atomic E-state index is -0.243. The summed E-state index contributed by atoms with van der Waals surface area (Å²) in [6, 6.07) is 1.75. The normalized spacial score (nSPS) is 19.8. The molecular weight excluding hydrogens is 320 g/mol. The van der Waals surface area contributed by atoms with Crippen LogP contribution in [0.1, 0.15) is 43.6 Å². The lowest BCUT2D eigenvalue weighted by Gasteiger charge is -2.39. The summed E-state index contributed by atoms with van der Waals surface area (Å²) >= 11 is 0. The molecule has 1 aliphatic heterocycles. The van der Waals surface area contributed by atoms with Crippen molar-refractivity contribution in [1.29, 1.82) is 0 Å². The van der Waals surface area contributed by atoms with E-state index in [1.807, 2.05) is 25.5 Å². The molecule has 0 radical (unpaired) electrons. The first-order valence-electron chi connectivity index (χ1n) is 8.82. The van der Waals surface area contributed by atoms with E-state index in [-0.39, 0.29) is 18.0 Å². The van der Waals surface area contributed by atoms with Gasteiger partial charge in [-0.25, -0.2) is 9.67 Å². The van der Waals surface area contributed by atoms with E-state index in [0.29, 0.717) is 11.6 Å². The molecule has 3 heterocycles. The second-order valence-corrected chi connectivity index (χ2v) is 6.76. The molecule has 0 spiro atoms. The first-order valence-corrected chi connectivity index (χ1v) is 8.82. The van der Waals surface area contributed by atoms with E-state index in [0.717, 1.165) is 37.6 Å². The lowest BCUT2D eigenvalue weighted by atomic mass is 9.99. The minimum absolute atomic E-state index is 0.0632. The first kappa shape index (κ1) is 17.6. The van der Waals surface area contributed by atoms with E-state index in [1.165, 1.54) is 6.42 Å². The Morgan fingerprint density at radius 1 is 1.40 bits per heavy atom. The van der Waals surface area contributed by atoms with Gasteiger partial charge in [0.2, 0.25) is 5.91 Å². The van der Waals surface area contributed by atoms with Crippen LogP contribution >= 0.6 is 0 Å². The predicted molar refractivity (Wildman–Crippen MR) is 93.2 cm³/mol. The van der Waals surface area contributed by atoms with Gasteiger partial charge in [-0.15, -0.1) is 0 Å². The largest absolute Gasteiger partial charge is 0.360 e. The van der Waals surface area contributed by atoms with Crippen LogP contribution in [0.2, 0.25) is 0 Å². The van der Waals surface area contributed by atoms with E-state index < -0.39 is 0 Å². The van der Waals surface area contributed by atoms with Crippen molar-refractivity contribution >= 4 is 11.7 Å². The third kappa shape index (κ3) is 4.07. The molecule has 1 amide bonds. The van der Waals surface area contributed by atoms with Gasteiger partial charge in [-0.3, -0.25) is 9.69 Å². The van der Waals surface area contributed by atoms with Crippen molar-refractivity contribution in [2.45, 2.75) is 65.6 Å². The number of aromatic nitrogens is 4. The molecule has 0 aliphatic carbocycles. The van der Waals surface area contributed by atoms with Crippen LogP contribution in [0.5, 0.6) is 0 Å². The summed E-state index contributed by atoms with van der Waals surface area (Å²) in [7, 11) is 0. The van der Waals surface area contributed by atoms with Crippen LogP contribution < -0.4 is 5.32 Å². The molecule has 8 nitrogen and oxygen atoms in total. The Bertz CT molecular complexity index is 737. The highest BCUT2D eigenvalue weighted by Gasteiger charge is 2.31. The number of piperidine rings is 1. The number of anilines is 1. The highest BCUT2D eigenvalue weighted by molar-refractivity contribution is 5.93. The fraction of sp³-hybridized carbons (Fsp3) is 0.647. The van der Waals surface area contributed by atoms with Crippen molar-refractivity contribution in [3.63, 3.8) is 0 Å². The Hall–Kier alpha value is -2.22. The Balaban J connectivity index is 1.68. The van der Waals surface area contributed by atoms with Crippen molar-refractivity contribution in [2.75, 3.05) is 11.9 Å². The smallest absolute Gasteiger partial charge is 0.242 e. The lowest BCUT2D eigenvalue weighted by molar-refractivity contribution is -0.122. The van der Waals surface area contributed by atoms with Crippen LogP contribution in [0.15, 0.2) is 10.6 Å². The second-order valence-electron chi connectivity index (χ2n) is 6.76. The molecule has 0 saturated carbocycles. The summed E-state index contributed by atoms with van der Waals surface area (Å²) in [4.78, 5) is 19.3. The SMILES string of the molecule is Cc1nc(C)n(C[C@@H]2CCCCN2[C@H](C)C(=O)Nc2cc(C)on2)n1. The molecule has 2 aromatic rings. The molecule has 1 N–H and O–H groups in total. The zero-order valence-corrected chi connectivity index (χ0v) is 15.3. The van der Waals surface area contributed by atoms with Gasteiger partial charge in [-0.1, -0.05) is 11.6 Å². The maximum Gasteiger partial charge on any atom is 0.242 e. The van der Waals surface area contributed by atoms with E-state index in [2.05, 4.69) is 25.5 Å². The molecule has 3 rings (SSSR count). The average Bonchev–Trinajstić information content (AvgIpc) is 3.12. The predicted octanol–water partition coefficient (Wildman–Crippen LogP) is 2.07. The fourth-order valence-electron chi connectivity index (χ4n) is 3.47. The van der Waals surface area contributed by atoms with E-state index in [1.54, 1.807) is 13.0 Å². The molecule has 8 heteroatoms. The van der Waals surface area contributed by atoms with E-state index in [9.17, 15) is 4.79 Å². The zero-order chi connectivity index (χ0) is 18.0. The van der Waals surface area contributed by atoms with Gasteiger partial charge in [0.15, 0.2) is 5.82 Å². The number of amides is 1. The summed E-state index contributed by atoms with van der Waals surface area (Å²) in [5.74, 6) is 2.78. The van der Waals surface area contributed by atoms with Crippen LogP contribution in [-0.4, -0.2) is 49.4 Å². The van der Waals surface area contributed by atoms with Crippen LogP contribution in [0.4, 0.5) is 5.82 Å². The Labute approximate surface area is 147 Å². The van der Waals surface area contributed by atoms with E-state index in [4.69, 9.17) is 4.52 Å². The second kappa shape index (κ2) is 7.35. The molecule has 0 aromatic carbocycles. The number of hydrogen-bond donors (Lipinski definition) is 1. The molecule has 0 bridgehead atoms. The van der Waals surface area contributed by atoms with Crippen molar-refractivity contribution in [1.82, 2.24) is 24.8 Å². The molecule has 1 saturated heterocycles. The number of hydrogen-bond acceptors (Lipinski definition) is 6. The Kier molecular flexibility index (Phi) is 5.17. The quantitative estimate of drug-likeness (QED) is 0.891. The van der Waals surface area contributed by atoms with Gasteiger partial charge in [0.25, 0.3) is 0 Å². The van der Waals surface area contributed by atoms with Crippen molar-refractivity contribution < 1.29 is 9.32 Å². The van der Waals surface area contributed by atoms with Gasteiger partial charge >= 0.3 is 0 Å². The van der Waals surface area contributed by atoms with Gasteiger partial charge in [0.05, 0.1) is 12.6 Å². The highest BCUT2D eigenvalue weighted by Crippen LogP contribution is 2.22. The van der Waals surface area contributed by atoms with Crippen molar-refractivity contribution in [3.05, 3.63) is 23.5 Å². The van der Waals surface area contributed by atoms with Crippen molar-refractivity contribution in [2.24, 2.45) is 0 Å². The van der Waals surface area contributed by atoms with Crippen LogP contribution in [0, 0.1) is 20.8 Å². The van der Waals surface area contributed by atoms with Crippen molar-refractivity contribution in [3.8, 4) is 0 Å². The third-order valence-electron chi connectivity index (χ3n) is 4.78. The van der Waals surface area contributed by atoms with Crippen LogP contribution in [0.3, 0.4) is 0 Å². The minimum Gasteiger partial charge on any atom is -0.360 e. The lowest BCUT2D eigenvalue weighted by Crippen LogP contribution is -2.51. The summed E-state index contributed by atoms with van der Waals surface area (Å²) in [6.45, 7) is 9.28. The number of nitrogens with zero attached hydrogens (tertiary/aromatic N) is 5. The number of aryl methyl sites for hydroxylation is 3.